The molecule has 0 saturated carbocycles. The molecule has 5 aromatic rings. The van der Waals surface area contributed by atoms with Crippen molar-refractivity contribution in [2.24, 2.45) is 16.9 Å². The third-order valence-electron chi connectivity index (χ3n) is 11.5. The van der Waals surface area contributed by atoms with E-state index in [1.54, 1.807) is 0 Å². The number of rotatable bonds is 14. The van der Waals surface area contributed by atoms with Crippen molar-refractivity contribution in [1.82, 2.24) is 39.7 Å². The van der Waals surface area contributed by atoms with Crippen LogP contribution in [-0.2, 0) is 18.8 Å². The first kappa shape index (κ1) is 52.2. The predicted molar refractivity (Wildman–Crippen MR) is 239 cm³/mol. The number of carbonyl (C=O) groups is 2. The van der Waals surface area contributed by atoms with Crippen LogP contribution in [0.5, 0.6) is 0 Å². The van der Waals surface area contributed by atoms with Gasteiger partial charge in [-0.1, -0.05) is 18.5 Å². The number of amides is 2. The highest BCUT2D eigenvalue weighted by Gasteiger charge is 2.49. The van der Waals surface area contributed by atoms with Crippen LogP contribution < -0.4 is 16.1 Å². The van der Waals surface area contributed by atoms with Crippen molar-refractivity contribution in [2.45, 2.75) is 69.4 Å². The summed E-state index contributed by atoms with van der Waals surface area (Å²) in [6, 6.07) is 2.78. The molecule has 378 valence electrons. The van der Waals surface area contributed by atoms with E-state index in [-0.39, 0.29) is 61.3 Å². The Hall–Kier alpha value is -6.64. The number of likely N-dealkylation sites (tertiary alicyclic amines) is 2. The molecule has 28 heteroatoms. The summed E-state index contributed by atoms with van der Waals surface area (Å²) in [6.07, 6.45) is -6.64. The number of aromatic nitrogens is 6. The maximum Gasteiger partial charge on any atom is 0.434 e. The number of nitrogens with zero attached hydrogens (tertiary/aromatic N) is 9. The molecule has 15 nitrogen and oxygen atoms in total. The van der Waals surface area contributed by atoms with Gasteiger partial charge >= 0.3 is 12.4 Å². The van der Waals surface area contributed by atoms with Gasteiger partial charge in [-0.15, -0.1) is 11.3 Å². The summed E-state index contributed by atoms with van der Waals surface area (Å²) in [4.78, 5) is 53.2. The second-order valence-electron chi connectivity index (χ2n) is 16.7. The van der Waals surface area contributed by atoms with Gasteiger partial charge in [0.2, 0.25) is 0 Å². The molecule has 71 heavy (non-hydrogen) atoms. The number of aryl methyl sites for hydroxylation is 1. The lowest BCUT2D eigenvalue weighted by molar-refractivity contribution is -0.142. The molecule has 2 fully saturated rings. The molecule has 7 rings (SSSR count). The zero-order valence-corrected chi connectivity index (χ0v) is 38.5. The van der Waals surface area contributed by atoms with Gasteiger partial charge in [0.05, 0.1) is 89.2 Å². The second-order valence-corrected chi connectivity index (χ2v) is 18.4. The minimum Gasteiger partial charge on any atom is -0.367 e. The van der Waals surface area contributed by atoms with Gasteiger partial charge in [0.15, 0.2) is 11.4 Å². The summed E-state index contributed by atoms with van der Waals surface area (Å²) in [5.74, 6) is -12.6. The third-order valence-corrected chi connectivity index (χ3v) is 12.7. The van der Waals surface area contributed by atoms with Crippen LogP contribution in [0.4, 0.5) is 65.6 Å². The Labute approximate surface area is 404 Å². The normalized spacial score (nSPS) is 20.2. The number of hydrogen-bond donors (Lipinski definition) is 4. The van der Waals surface area contributed by atoms with Crippen molar-refractivity contribution < 1.29 is 57.9 Å². The molecule has 0 spiro atoms. The maximum absolute atomic E-state index is 16.0. The molecular weight excluding hydrogens is 1010 g/mol. The van der Waals surface area contributed by atoms with Crippen LogP contribution in [0.15, 0.2) is 60.4 Å². The van der Waals surface area contributed by atoms with Gasteiger partial charge in [0.25, 0.3) is 23.7 Å². The summed E-state index contributed by atoms with van der Waals surface area (Å²) >= 11 is 7.13. The van der Waals surface area contributed by atoms with E-state index in [0.29, 0.717) is 12.4 Å². The maximum atomic E-state index is 16.0. The number of benzene rings is 1. The van der Waals surface area contributed by atoms with E-state index in [2.05, 4.69) is 51.1 Å². The van der Waals surface area contributed by atoms with Crippen molar-refractivity contribution in [1.29, 1.82) is 5.41 Å². The summed E-state index contributed by atoms with van der Waals surface area (Å²) in [5, 5.41) is 16.8. The lowest BCUT2D eigenvalue weighted by Crippen LogP contribution is -2.58. The van der Waals surface area contributed by atoms with Crippen LogP contribution in [0.25, 0.3) is 10.6 Å². The molecule has 4 atom stereocenters. The second kappa shape index (κ2) is 20.6. The van der Waals surface area contributed by atoms with E-state index in [4.69, 9.17) is 17.0 Å². The van der Waals surface area contributed by atoms with E-state index in [1.807, 2.05) is 0 Å². The molecular formula is C43H39ClF11N13O2S. The molecule has 2 aliphatic heterocycles. The molecule has 0 radical (unpaired) electrons. The van der Waals surface area contributed by atoms with Crippen LogP contribution in [0.2, 0.25) is 5.02 Å². The average Bonchev–Trinajstić information content (AvgIpc) is 3.69. The van der Waals surface area contributed by atoms with E-state index < -0.39 is 116 Å². The highest BCUT2D eigenvalue weighted by molar-refractivity contribution is 7.15. The fourth-order valence-electron chi connectivity index (χ4n) is 8.36. The fourth-order valence-corrected chi connectivity index (χ4v) is 9.41. The molecule has 2 amide bonds. The number of hydrazone groups is 1. The highest BCUT2D eigenvalue weighted by atomic mass is 35.5. The summed E-state index contributed by atoms with van der Waals surface area (Å²) in [6.45, 7) is 0.0149. The minimum absolute atomic E-state index is 0.00273. The zero-order valence-electron chi connectivity index (χ0n) is 36.9. The van der Waals surface area contributed by atoms with Gasteiger partial charge in [-0.25, -0.2) is 46.9 Å². The number of thiazole rings is 1. The minimum atomic E-state index is -4.84. The summed E-state index contributed by atoms with van der Waals surface area (Å²) in [5.41, 5.74) is -0.985. The molecule has 1 aromatic carbocycles. The first-order valence-electron chi connectivity index (χ1n) is 21.2. The largest absolute Gasteiger partial charge is 0.434 e. The van der Waals surface area contributed by atoms with Crippen LogP contribution in [0, 0.1) is 30.0 Å². The zero-order chi connectivity index (χ0) is 51.6. The smallest absolute Gasteiger partial charge is 0.367 e. The SMILES string of the molecule is Cc1nc(C(=O)N2CC(F)(F)C[C@@H](C)C2CNc2cnc(C(F)(F)F)cn2)c(-c2cc(C[C@@H]3CC(F)(F)CN(C(=O)c4cc(Cl)ccc4N/N=C\C=N)C3CNc3cnc(C(F)(F)F)cn3)c(F)cn2)s1. The van der Waals surface area contributed by atoms with Gasteiger partial charge in [-0.3, -0.25) is 20.0 Å². The molecule has 2 saturated heterocycles. The van der Waals surface area contributed by atoms with Crippen molar-refractivity contribution in [3.63, 3.8) is 0 Å². The molecule has 4 aromatic heterocycles. The average molecular weight is 1050 g/mol. The van der Waals surface area contributed by atoms with Gasteiger partial charge < -0.3 is 25.8 Å². The number of nitrogens with one attached hydrogen (secondary N) is 4. The Morgan fingerprint density at radius 1 is 0.845 bits per heavy atom. The number of halogens is 12. The molecule has 6 heterocycles. The number of hydrogen-bond acceptors (Lipinski definition) is 14. The van der Waals surface area contributed by atoms with Crippen LogP contribution in [0.1, 0.15) is 62.6 Å². The fraction of sp³-hybridized carbons (Fsp3) is 0.395. The number of alkyl halides is 10. The predicted octanol–water partition coefficient (Wildman–Crippen LogP) is 9.39. The summed E-state index contributed by atoms with van der Waals surface area (Å²) < 4.78 is 158. The lowest BCUT2D eigenvalue weighted by atomic mass is 9.82. The first-order chi connectivity index (χ1) is 33.3. The Morgan fingerprint density at radius 2 is 1.44 bits per heavy atom. The number of pyridine rings is 1. The Morgan fingerprint density at radius 3 is 2.01 bits per heavy atom. The quantitative estimate of drug-likeness (QED) is 0.0471. The van der Waals surface area contributed by atoms with Crippen molar-refractivity contribution >= 4 is 64.5 Å². The van der Waals surface area contributed by atoms with Gasteiger partial charge in [-0.05, 0) is 55.0 Å². The van der Waals surface area contributed by atoms with Gasteiger partial charge in [-0.2, -0.15) is 31.4 Å². The topological polar surface area (TPSA) is 190 Å². The van der Waals surface area contributed by atoms with Crippen LogP contribution in [-0.4, -0.2) is 114 Å². The van der Waals surface area contributed by atoms with E-state index in [1.165, 1.54) is 38.1 Å². The van der Waals surface area contributed by atoms with E-state index in [9.17, 15) is 35.9 Å². The Kier molecular flexibility index (Phi) is 15.1. The monoisotopic (exact) mass is 1050 g/mol. The van der Waals surface area contributed by atoms with E-state index >= 15 is 22.0 Å². The lowest BCUT2D eigenvalue weighted by Gasteiger charge is -2.45. The summed E-state index contributed by atoms with van der Waals surface area (Å²) in [7, 11) is 0. The molecule has 4 N–H and O–H groups in total. The standard InChI is InChI=1S/C43H39ClF11N13O2S/c1-21-10-40(46,47)19-67(30(21)13-60-34-17-58-32(15-62-34)42(50,51)52)39(70)36-37(71-22(2)65-36)29-8-23(27(45)12-57-29)7-24-11-41(48,49)20-68(31(24)14-61-35-18-59-33(16-63-35)43(53,54)55)38(69)26-9-25(44)3-4-28(26)66-64-6-5-56/h3-6,8-9,12,15-18,21,24,30-31,56,66H,7,10-11,13-14,19-20H2,1-2H3,(H,60,62)(H,61,63)/b56-5?,64-6-/t21-,24-,30?,31?/m1/s1. The number of carbonyl (C=O) groups excluding carboxylic acids is 2. The number of anilines is 3. The molecule has 2 unspecified atom stereocenters. The highest BCUT2D eigenvalue weighted by Crippen LogP contribution is 2.41. The third kappa shape index (κ3) is 12.5. The first-order valence-corrected chi connectivity index (χ1v) is 22.4. The van der Waals surface area contributed by atoms with E-state index in [0.717, 1.165) is 52.2 Å². The van der Waals surface area contributed by atoms with Crippen molar-refractivity contribution in [3.8, 4) is 10.6 Å². The van der Waals surface area contributed by atoms with Gasteiger partial charge in [0, 0.05) is 37.2 Å². The van der Waals surface area contributed by atoms with Crippen molar-refractivity contribution in [3.05, 3.63) is 99.3 Å². The Bertz CT molecular complexity index is 2780. The van der Waals surface area contributed by atoms with Crippen molar-refractivity contribution in [2.75, 3.05) is 42.2 Å². The number of piperidine rings is 2. The molecule has 2 aliphatic rings. The van der Waals surface area contributed by atoms with Crippen LogP contribution in [0.3, 0.4) is 0 Å². The molecule has 0 aliphatic carbocycles. The molecule has 0 bridgehead atoms. The van der Waals surface area contributed by atoms with Gasteiger partial charge in [0.1, 0.15) is 23.1 Å². The Balaban J connectivity index is 1.21. The van der Waals surface area contributed by atoms with Crippen LogP contribution >= 0.6 is 22.9 Å².